The summed E-state index contributed by atoms with van der Waals surface area (Å²) >= 11 is 7.19. The SMILES string of the molecule is C=CCNC(=O)[C@H](C)OC(=O)c1sc(-c2cccc(Cl)c2)nc1C. The number of carbonyl (C=O) groups excluding carboxylic acids is 2. The Morgan fingerprint density at radius 1 is 1.50 bits per heavy atom. The van der Waals surface area contributed by atoms with Gasteiger partial charge in [0.25, 0.3) is 5.91 Å². The van der Waals surface area contributed by atoms with Gasteiger partial charge >= 0.3 is 5.97 Å². The third-order valence-corrected chi connectivity index (χ3v) is 4.55. The van der Waals surface area contributed by atoms with Crippen molar-refractivity contribution in [2.24, 2.45) is 0 Å². The number of carbonyl (C=O) groups is 2. The Kier molecular flexibility index (Phi) is 6.11. The summed E-state index contributed by atoms with van der Waals surface area (Å²) in [6.07, 6.45) is 0.658. The molecule has 0 bridgehead atoms. The molecular formula is C17H17ClN2O3S. The summed E-state index contributed by atoms with van der Waals surface area (Å²) < 4.78 is 5.21. The molecule has 0 aliphatic carbocycles. The van der Waals surface area contributed by atoms with Crippen molar-refractivity contribution in [2.45, 2.75) is 20.0 Å². The topological polar surface area (TPSA) is 68.3 Å². The molecule has 1 atom stereocenters. The van der Waals surface area contributed by atoms with Gasteiger partial charge in [-0.1, -0.05) is 29.8 Å². The van der Waals surface area contributed by atoms with Crippen LogP contribution in [0.2, 0.25) is 5.02 Å². The number of amides is 1. The van der Waals surface area contributed by atoms with Gasteiger partial charge in [0.1, 0.15) is 9.88 Å². The number of ether oxygens (including phenoxy) is 1. The predicted octanol–water partition coefficient (Wildman–Crippen LogP) is 3.62. The Morgan fingerprint density at radius 3 is 2.92 bits per heavy atom. The van der Waals surface area contributed by atoms with E-state index in [-0.39, 0.29) is 5.91 Å². The number of halogens is 1. The minimum atomic E-state index is -0.895. The lowest BCUT2D eigenvalue weighted by Crippen LogP contribution is -2.35. The van der Waals surface area contributed by atoms with Gasteiger partial charge < -0.3 is 10.1 Å². The zero-order chi connectivity index (χ0) is 17.7. The van der Waals surface area contributed by atoms with Gasteiger partial charge in [-0.3, -0.25) is 4.79 Å². The zero-order valence-electron chi connectivity index (χ0n) is 13.3. The molecule has 0 spiro atoms. The number of hydrogen-bond acceptors (Lipinski definition) is 5. The number of rotatable bonds is 6. The quantitative estimate of drug-likeness (QED) is 0.628. The minimum absolute atomic E-state index is 0.319. The molecule has 24 heavy (non-hydrogen) atoms. The number of nitrogens with zero attached hydrogens (tertiary/aromatic N) is 1. The van der Waals surface area contributed by atoms with Crippen molar-refractivity contribution in [1.29, 1.82) is 0 Å². The van der Waals surface area contributed by atoms with Crippen molar-refractivity contribution in [3.63, 3.8) is 0 Å². The summed E-state index contributed by atoms with van der Waals surface area (Å²) in [5.74, 6) is -0.944. The number of thiazole rings is 1. The molecule has 0 unspecified atom stereocenters. The summed E-state index contributed by atoms with van der Waals surface area (Å²) in [6.45, 7) is 7.07. The second kappa shape index (κ2) is 8.08. The van der Waals surface area contributed by atoms with E-state index in [1.54, 1.807) is 25.1 Å². The number of aromatic nitrogens is 1. The molecule has 1 heterocycles. The lowest BCUT2D eigenvalue weighted by Gasteiger charge is -2.12. The maximum absolute atomic E-state index is 12.3. The van der Waals surface area contributed by atoms with Gasteiger partial charge in [-0.15, -0.1) is 17.9 Å². The van der Waals surface area contributed by atoms with Crippen LogP contribution >= 0.6 is 22.9 Å². The standard InChI is InChI=1S/C17H17ClN2O3S/c1-4-8-19-15(21)11(3)23-17(22)14-10(2)20-16(24-14)12-6-5-7-13(18)9-12/h4-7,9,11H,1,8H2,2-3H3,(H,19,21)/t11-/m0/s1. The number of aryl methyl sites for hydroxylation is 1. The first-order chi connectivity index (χ1) is 11.4. The molecule has 0 aliphatic heterocycles. The van der Waals surface area contributed by atoms with Crippen LogP contribution in [-0.2, 0) is 9.53 Å². The van der Waals surface area contributed by atoms with Crippen molar-refractivity contribution in [3.8, 4) is 10.6 Å². The summed E-state index contributed by atoms with van der Waals surface area (Å²) in [5, 5.41) is 3.85. The van der Waals surface area contributed by atoms with Crippen LogP contribution in [0.25, 0.3) is 10.6 Å². The monoisotopic (exact) mass is 364 g/mol. The number of esters is 1. The van der Waals surface area contributed by atoms with Crippen molar-refractivity contribution in [3.05, 3.63) is 52.5 Å². The molecule has 0 fully saturated rings. The average molecular weight is 365 g/mol. The van der Waals surface area contributed by atoms with E-state index in [0.717, 1.165) is 5.56 Å². The van der Waals surface area contributed by atoms with Crippen LogP contribution in [-0.4, -0.2) is 29.5 Å². The van der Waals surface area contributed by atoms with Crippen molar-refractivity contribution < 1.29 is 14.3 Å². The first-order valence-electron chi connectivity index (χ1n) is 7.25. The smallest absolute Gasteiger partial charge is 0.351 e. The molecule has 5 nitrogen and oxygen atoms in total. The van der Waals surface area contributed by atoms with Crippen LogP contribution in [0.1, 0.15) is 22.3 Å². The molecule has 0 radical (unpaired) electrons. The predicted molar refractivity (Wildman–Crippen MR) is 95.4 cm³/mol. The lowest BCUT2D eigenvalue weighted by molar-refractivity contribution is -0.128. The molecule has 1 aromatic carbocycles. The number of benzene rings is 1. The zero-order valence-corrected chi connectivity index (χ0v) is 14.9. The molecule has 0 saturated heterocycles. The second-order valence-electron chi connectivity index (χ2n) is 5.03. The molecule has 1 aromatic heterocycles. The normalized spacial score (nSPS) is 11.6. The summed E-state index contributed by atoms with van der Waals surface area (Å²) in [4.78, 5) is 28.8. The van der Waals surface area contributed by atoms with Crippen LogP contribution < -0.4 is 5.32 Å². The van der Waals surface area contributed by atoms with Crippen LogP contribution in [0.3, 0.4) is 0 Å². The van der Waals surface area contributed by atoms with Gasteiger partial charge in [0.15, 0.2) is 6.10 Å². The van der Waals surface area contributed by atoms with Gasteiger partial charge in [0.05, 0.1) is 5.69 Å². The minimum Gasteiger partial charge on any atom is -0.448 e. The number of hydrogen-bond donors (Lipinski definition) is 1. The number of nitrogens with one attached hydrogen (secondary N) is 1. The Bertz CT molecular complexity index is 773. The molecule has 0 saturated carbocycles. The first kappa shape index (κ1) is 18.2. The van der Waals surface area contributed by atoms with E-state index in [2.05, 4.69) is 16.9 Å². The fourth-order valence-electron chi connectivity index (χ4n) is 1.91. The van der Waals surface area contributed by atoms with Gasteiger partial charge in [-0.05, 0) is 26.0 Å². The molecule has 1 N–H and O–H groups in total. The summed E-state index contributed by atoms with van der Waals surface area (Å²) in [5.41, 5.74) is 1.38. The second-order valence-corrected chi connectivity index (χ2v) is 6.46. The Hall–Kier alpha value is -2.18. The Morgan fingerprint density at radius 2 is 2.25 bits per heavy atom. The third kappa shape index (κ3) is 4.43. The van der Waals surface area contributed by atoms with Crippen LogP contribution in [0.5, 0.6) is 0 Å². The van der Waals surface area contributed by atoms with E-state index in [1.165, 1.54) is 18.3 Å². The molecule has 7 heteroatoms. The molecule has 0 aliphatic rings. The average Bonchev–Trinajstić information content (AvgIpc) is 2.94. The fourth-order valence-corrected chi connectivity index (χ4v) is 3.05. The van der Waals surface area contributed by atoms with Crippen molar-refractivity contribution >= 4 is 34.8 Å². The van der Waals surface area contributed by atoms with E-state index in [1.807, 2.05) is 12.1 Å². The highest BCUT2D eigenvalue weighted by Crippen LogP contribution is 2.30. The molecular weight excluding hydrogens is 348 g/mol. The van der Waals surface area contributed by atoms with E-state index >= 15 is 0 Å². The van der Waals surface area contributed by atoms with Gasteiger partial charge in [-0.2, -0.15) is 0 Å². The van der Waals surface area contributed by atoms with Gasteiger partial charge in [0, 0.05) is 17.1 Å². The highest BCUT2D eigenvalue weighted by Gasteiger charge is 2.22. The fraction of sp³-hybridized carbons (Fsp3) is 0.235. The molecule has 1 amide bonds. The highest BCUT2D eigenvalue weighted by molar-refractivity contribution is 7.17. The third-order valence-electron chi connectivity index (χ3n) is 3.13. The lowest BCUT2D eigenvalue weighted by atomic mass is 10.2. The maximum atomic E-state index is 12.3. The van der Waals surface area contributed by atoms with Gasteiger partial charge in [-0.25, -0.2) is 9.78 Å². The summed E-state index contributed by atoms with van der Waals surface area (Å²) in [6, 6.07) is 7.23. The van der Waals surface area contributed by atoms with Crippen molar-refractivity contribution in [2.75, 3.05) is 6.54 Å². The Balaban J connectivity index is 2.13. The van der Waals surface area contributed by atoms with E-state index < -0.39 is 12.1 Å². The van der Waals surface area contributed by atoms with E-state index in [4.69, 9.17) is 16.3 Å². The van der Waals surface area contributed by atoms with Gasteiger partial charge in [0.2, 0.25) is 0 Å². The van der Waals surface area contributed by atoms with Crippen molar-refractivity contribution in [1.82, 2.24) is 10.3 Å². The van der Waals surface area contributed by atoms with Crippen LogP contribution in [0.15, 0.2) is 36.9 Å². The molecule has 126 valence electrons. The van der Waals surface area contributed by atoms with E-state index in [9.17, 15) is 9.59 Å². The maximum Gasteiger partial charge on any atom is 0.351 e. The molecule has 2 aromatic rings. The summed E-state index contributed by atoms with van der Waals surface area (Å²) in [7, 11) is 0. The van der Waals surface area contributed by atoms with Crippen LogP contribution in [0, 0.1) is 6.92 Å². The Labute approximate surface area is 149 Å². The highest BCUT2D eigenvalue weighted by atomic mass is 35.5. The first-order valence-corrected chi connectivity index (χ1v) is 8.44. The largest absolute Gasteiger partial charge is 0.448 e. The van der Waals surface area contributed by atoms with E-state index in [0.29, 0.717) is 27.1 Å². The molecule has 2 rings (SSSR count). The van der Waals surface area contributed by atoms with Crippen LogP contribution in [0.4, 0.5) is 0 Å².